The van der Waals surface area contributed by atoms with E-state index < -0.39 is 5.97 Å². The van der Waals surface area contributed by atoms with Gasteiger partial charge in [0.1, 0.15) is 6.54 Å². The minimum atomic E-state index is -1.02. The molecule has 0 radical (unpaired) electrons. The second kappa shape index (κ2) is 5.69. The van der Waals surface area contributed by atoms with E-state index in [4.69, 9.17) is 5.11 Å². The molecule has 16 heavy (non-hydrogen) atoms. The molecule has 0 aromatic carbocycles. The maximum Gasteiger partial charge on any atom is 0.325 e. The van der Waals surface area contributed by atoms with Gasteiger partial charge in [-0.25, -0.2) is 9.48 Å². The number of hydrogen-bond acceptors (Lipinski definition) is 4. The molecule has 1 aromatic rings. The van der Waals surface area contributed by atoms with Gasteiger partial charge in [-0.1, -0.05) is 12.1 Å². The second-order valence-corrected chi connectivity index (χ2v) is 3.08. The number of carbonyl (C=O) groups excluding carboxylic acids is 1. The van der Waals surface area contributed by atoms with Crippen molar-refractivity contribution in [3.05, 3.63) is 6.20 Å². The quantitative estimate of drug-likeness (QED) is 0.650. The van der Waals surface area contributed by atoms with Gasteiger partial charge in [-0.3, -0.25) is 10.1 Å². The van der Waals surface area contributed by atoms with Crippen molar-refractivity contribution in [2.45, 2.75) is 19.9 Å². The van der Waals surface area contributed by atoms with Crippen LogP contribution in [0.15, 0.2) is 6.20 Å². The van der Waals surface area contributed by atoms with Gasteiger partial charge in [-0.15, -0.1) is 5.10 Å². The Morgan fingerprint density at radius 3 is 2.94 bits per heavy atom. The van der Waals surface area contributed by atoms with Gasteiger partial charge in [0.05, 0.1) is 6.20 Å². The monoisotopic (exact) mass is 227 g/mol. The Hall–Kier alpha value is -2.12. The van der Waals surface area contributed by atoms with Crippen LogP contribution >= 0.6 is 0 Å². The summed E-state index contributed by atoms with van der Waals surface area (Å²) in [4.78, 5) is 21.5. The Morgan fingerprint density at radius 1 is 1.56 bits per heavy atom. The molecule has 0 saturated carbocycles. The highest BCUT2D eigenvalue weighted by atomic mass is 16.4. The number of hydrogen-bond donors (Lipinski definition) is 3. The molecule has 1 rings (SSSR count). The standard InChI is InChI=1S/C8H13N5O3/c1-2-3-9-8(16)10-6-4-13(12-11-6)5-7(14)15/h4H,2-3,5H2,1H3,(H,14,15)(H2,9,10,16). The van der Waals surface area contributed by atoms with Crippen LogP contribution in [0.2, 0.25) is 0 Å². The van der Waals surface area contributed by atoms with E-state index in [0.29, 0.717) is 6.54 Å². The van der Waals surface area contributed by atoms with Gasteiger partial charge >= 0.3 is 12.0 Å². The summed E-state index contributed by atoms with van der Waals surface area (Å²) in [5.41, 5.74) is 0. The summed E-state index contributed by atoms with van der Waals surface area (Å²) in [6.45, 7) is 2.21. The van der Waals surface area contributed by atoms with Crippen LogP contribution in [0.25, 0.3) is 0 Å². The number of carboxylic acid groups (broad SMARTS) is 1. The molecule has 8 heteroatoms. The van der Waals surface area contributed by atoms with Crippen LogP contribution < -0.4 is 10.6 Å². The van der Waals surface area contributed by atoms with Gasteiger partial charge in [0.2, 0.25) is 0 Å². The second-order valence-electron chi connectivity index (χ2n) is 3.08. The first kappa shape index (κ1) is 12.0. The molecule has 0 spiro atoms. The van der Waals surface area contributed by atoms with Gasteiger partial charge in [-0.2, -0.15) is 0 Å². The van der Waals surface area contributed by atoms with Crippen LogP contribution in [0.4, 0.5) is 10.6 Å². The van der Waals surface area contributed by atoms with Crippen molar-refractivity contribution >= 4 is 17.8 Å². The summed E-state index contributed by atoms with van der Waals surface area (Å²) in [6, 6.07) is -0.385. The van der Waals surface area contributed by atoms with Crippen molar-refractivity contribution in [2.24, 2.45) is 0 Å². The van der Waals surface area contributed by atoms with E-state index in [1.54, 1.807) is 0 Å². The topological polar surface area (TPSA) is 109 Å². The average molecular weight is 227 g/mol. The van der Waals surface area contributed by atoms with Gasteiger partial charge in [0.25, 0.3) is 0 Å². The number of amides is 2. The summed E-state index contributed by atoms with van der Waals surface area (Å²) in [6.07, 6.45) is 2.18. The minimum absolute atomic E-state index is 0.217. The first-order chi connectivity index (χ1) is 7.61. The zero-order chi connectivity index (χ0) is 12.0. The molecular formula is C8H13N5O3. The number of carbonyl (C=O) groups is 2. The molecule has 2 amide bonds. The van der Waals surface area contributed by atoms with E-state index in [1.165, 1.54) is 6.20 Å². The van der Waals surface area contributed by atoms with Crippen molar-refractivity contribution < 1.29 is 14.7 Å². The summed E-state index contributed by atoms with van der Waals surface area (Å²) < 4.78 is 1.12. The lowest BCUT2D eigenvalue weighted by molar-refractivity contribution is -0.137. The number of carboxylic acids is 1. The predicted molar refractivity (Wildman–Crippen MR) is 55.0 cm³/mol. The number of anilines is 1. The molecule has 1 heterocycles. The molecule has 3 N–H and O–H groups in total. The number of aromatic nitrogens is 3. The smallest absolute Gasteiger partial charge is 0.325 e. The lowest BCUT2D eigenvalue weighted by Crippen LogP contribution is -2.29. The first-order valence-corrected chi connectivity index (χ1v) is 4.78. The van der Waals surface area contributed by atoms with Gasteiger partial charge < -0.3 is 10.4 Å². The molecule has 0 fully saturated rings. The Morgan fingerprint density at radius 2 is 2.31 bits per heavy atom. The number of rotatable bonds is 5. The fourth-order valence-corrected chi connectivity index (χ4v) is 0.971. The van der Waals surface area contributed by atoms with Crippen molar-refractivity contribution in [1.82, 2.24) is 20.3 Å². The maximum atomic E-state index is 11.2. The number of urea groups is 1. The predicted octanol–water partition coefficient (Wildman–Crippen LogP) is -0.106. The summed E-state index contributed by atoms with van der Waals surface area (Å²) in [5.74, 6) is -0.804. The summed E-state index contributed by atoms with van der Waals surface area (Å²) >= 11 is 0. The fraction of sp³-hybridized carbons (Fsp3) is 0.500. The SMILES string of the molecule is CCCNC(=O)Nc1cn(CC(=O)O)nn1. The zero-order valence-electron chi connectivity index (χ0n) is 8.80. The molecule has 0 aliphatic rings. The molecule has 0 atom stereocenters. The number of aliphatic carboxylic acids is 1. The highest BCUT2D eigenvalue weighted by molar-refractivity contribution is 5.87. The molecule has 0 unspecified atom stereocenters. The highest BCUT2D eigenvalue weighted by Gasteiger charge is 2.06. The van der Waals surface area contributed by atoms with E-state index in [9.17, 15) is 9.59 Å². The van der Waals surface area contributed by atoms with Crippen LogP contribution in [0.1, 0.15) is 13.3 Å². The Labute approximate surface area is 91.6 Å². The van der Waals surface area contributed by atoms with Crippen molar-refractivity contribution in [1.29, 1.82) is 0 Å². The minimum Gasteiger partial charge on any atom is -0.480 e. The van der Waals surface area contributed by atoms with Gasteiger partial charge in [0, 0.05) is 6.54 Å². The third-order valence-electron chi connectivity index (χ3n) is 1.61. The summed E-state index contributed by atoms with van der Waals surface area (Å²) in [7, 11) is 0. The summed E-state index contributed by atoms with van der Waals surface area (Å²) in [5, 5.41) is 20.6. The van der Waals surface area contributed by atoms with E-state index in [2.05, 4.69) is 20.9 Å². The maximum absolute atomic E-state index is 11.2. The normalized spacial score (nSPS) is 9.81. The van der Waals surface area contributed by atoms with Gasteiger partial charge in [0.15, 0.2) is 5.82 Å². The van der Waals surface area contributed by atoms with Crippen LogP contribution in [0.3, 0.4) is 0 Å². The largest absolute Gasteiger partial charge is 0.480 e. The van der Waals surface area contributed by atoms with E-state index in [-0.39, 0.29) is 18.4 Å². The molecule has 88 valence electrons. The molecule has 0 aliphatic carbocycles. The first-order valence-electron chi connectivity index (χ1n) is 4.78. The lowest BCUT2D eigenvalue weighted by atomic mass is 10.5. The number of nitrogens with one attached hydrogen (secondary N) is 2. The molecule has 8 nitrogen and oxygen atoms in total. The molecular weight excluding hydrogens is 214 g/mol. The Bertz CT molecular complexity index is 376. The van der Waals surface area contributed by atoms with Crippen LogP contribution in [0, 0.1) is 0 Å². The van der Waals surface area contributed by atoms with Crippen LogP contribution in [-0.2, 0) is 11.3 Å². The highest BCUT2D eigenvalue weighted by Crippen LogP contribution is 1.99. The van der Waals surface area contributed by atoms with E-state index in [1.807, 2.05) is 6.92 Å². The van der Waals surface area contributed by atoms with E-state index >= 15 is 0 Å². The number of nitrogens with zero attached hydrogens (tertiary/aromatic N) is 3. The Kier molecular flexibility index (Phi) is 4.25. The van der Waals surface area contributed by atoms with Crippen LogP contribution in [-0.4, -0.2) is 38.6 Å². The molecule has 0 bridgehead atoms. The fourth-order valence-electron chi connectivity index (χ4n) is 0.971. The third kappa shape index (κ3) is 3.95. The average Bonchev–Trinajstić information content (AvgIpc) is 2.61. The molecule has 0 aliphatic heterocycles. The van der Waals surface area contributed by atoms with Crippen LogP contribution in [0.5, 0.6) is 0 Å². The van der Waals surface area contributed by atoms with Crippen molar-refractivity contribution in [2.75, 3.05) is 11.9 Å². The van der Waals surface area contributed by atoms with E-state index in [0.717, 1.165) is 11.1 Å². The van der Waals surface area contributed by atoms with Gasteiger partial charge in [-0.05, 0) is 6.42 Å². The van der Waals surface area contributed by atoms with Crippen molar-refractivity contribution in [3.63, 3.8) is 0 Å². The molecule has 1 aromatic heterocycles. The van der Waals surface area contributed by atoms with Crippen molar-refractivity contribution in [3.8, 4) is 0 Å². The Balaban J connectivity index is 2.45. The lowest BCUT2D eigenvalue weighted by Gasteiger charge is -2.02. The zero-order valence-corrected chi connectivity index (χ0v) is 8.80. The third-order valence-corrected chi connectivity index (χ3v) is 1.61. The molecule has 0 saturated heterocycles.